The molecule has 1 fully saturated rings. The average Bonchev–Trinajstić information content (AvgIpc) is 3.05. The Bertz CT molecular complexity index is 406. The van der Waals surface area contributed by atoms with E-state index in [9.17, 15) is 0 Å². The molecule has 0 aromatic carbocycles. The summed E-state index contributed by atoms with van der Waals surface area (Å²) in [5, 5.41) is 4.68. The van der Waals surface area contributed by atoms with Gasteiger partial charge in [-0.15, -0.1) is 11.3 Å². The lowest BCUT2D eigenvalue weighted by Gasteiger charge is -2.20. The number of likely N-dealkylation sites (tertiary alicyclic amines) is 1. The Kier molecular flexibility index (Phi) is 5.81. The van der Waals surface area contributed by atoms with Crippen molar-refractivity contribution >= 4 is 16.5 Å². The minimum atomic E-state index is 0.409. The maximum Gasteiger partial charge on any atom is 0.185 e. The molecular formula is C15H28N4S. The van der Waals surface area contributed by atoms with E-state index in [-0.39, 0.29) is 0 Å². The van der Waals surface area contributed by atoms with Crippen LogP contribution < -0.4 is 10.2 Å². The first-order valence-corrected chi connectivity index (χ1v) is 8.50. The third-order valence-corrected chi connectivity index (χ3v) is 5.28. The Labute approximate surface area is 127 Å². The molecule has 2 rings (SSSR count). The third-order valence-electron chi connectivity index (χ3n) is 3.99. The van der Waals surface area contributed by atoms with Crippen molar-refractivity contribution in [3.05, 3.63) is 11.1 Å². The maximum absolute atomic E-state index is 4.60. The molecule has 2 heterocycles. The second-order valence-corrected chi connectivity index (χ2v) is 7.06. The number of nitrogens with zero attached hydrogens (tertiary/aromatic N) is 3. The number of hydrogen-bond acceptors (Lipinski definition) is 5. The molecule has 0 bridgehead atoms. The minimum Gasteiger partial charge on any atom is -0.351 e. The van der Waals surface area contributed by atoms with Gasteiger partial charge >= 0.3 is 0 Å². The second kappa shape index (κ2) is 7.38. The Hall–Kier alpha value is -0.650. The normalized spacial score (nSPS) is 21.3. The van der Waals surface area contributed by atoms with E-state index in [1.165, 1.54) is 30.8 Å². The predicted molar refractivity (Wildman–Crippen MR) is 87.7 cm³/mol. The Morgan fingerprint density at radius 3 is 3.05 bits per heavy atom. The van der Waals surface area contributed by atoms with Crippen LogP contribution >= 0.6 is 11.3 Å². The summed E-state index contributed by atoms with van der Waals surface area (Å²) in [6, 6.07) is 0.409. The monoisotopic (exact) mass is 296 g/mol. The zero-order chi connectivity index (χ0) is 14.5. The quantitative estimate of drug-likeness (QED) is 0.838. The average molecular weight is 296 g/mol. The van der Waals surface area contributed by atoms with Crippen LogP contribution in [0.2, 0.25) is 0 Å². The van der Waals surface area contributed by atoms with E-state index in [1.807, 2.05) is 17.5 Å². The van der Waals surface area contributed by atoms with Crippen LogP contribution in [-0.4, -0.2) is 50.2 Å². The fraction of sp³-hybridized carbons (Fsp3) is 0.800. The van der Waals surface area contributed by atoms with Crippen LogP contribution in [-0.2, 0) is 0 Å². The van der Waals surface area contributed by atoms with Crippen molar-refractivity contribution in [2.45, 2.75) is 32.7 Å². The van der Waals surface area contributed by atoms with Crippen LogP contribution in [0, 0.1) is 5.92 Å². The van der Waals surface area contributed by atoms with Crippen molar-refractivity contribution < 1.29 is 0 Å². The molecule has 0 amide bonds. The van der Waals surface area contributed by atoms with Crippen molar-refractivity contribution in [2.75, 3.05) is 45.2 Å². The first-order chi connectivity index (χ1) is 9.60. The first-order valence-electron chi connectivity index (χ1n) is 7.69. The summed E-state index contributed by atoms with van der Waals surface area (Å²) in [5.41, 5.74) is 0. The highest BCUT2D eigenvalue weighted by atomic mass is 32.1. The lowest BCUT2D eigenvalue weighted by Crippen LogP contribution is -2.27. The van der Waals surface area contributed by atoms with Gasteiger partial charge in [0.15, 0.2) is 5.13 Å². The molecule has 4 nitrogen and oxygen atoms in total. The molecule has 0 aliphatic carbocycles. The highest BCUT2D eigenvalue weighted by molar-refractivity contribution is 7.15. The van der Waals surface area contributed by atoms with Gasteiger partial charge in [0.05, 0.1) is 0 Å². The summed E-state index contributed by atoms with van der Waals surface area (Å²) in [7, 11) is 4.38. The van der Waals surface area contributed by atoms with Crippen LogP contribution in [0.1, 0.15) is 37.6 Å². The summed E-state index contributed by atoms with van der Waals surface area (Å²) in [5.74, 6) is 0.785. The van der Waals surface area contributed by atoms with Crippen LogP contribution in [0.4, 0.5) is 5.13 Å². The van der Waals surface area contributed by atoms with Gasteiger partial charge in [-0.3, -0.25) is 0 Å². The fourth-order valence-corrected chi connectivity index (χ4v) is 3.67. The molecular weight excluding hydrogens is 268 g/mol. The summed E-state index contributed by atoms with van der Waals surface area (Å²) in [6.07, 6.45) is 4.52. The molecule has 0 spiro atoms. The molecule has 5 heteroatoms. The van der Waals surface area contributed by atoms with Gasteiger partial charge in [-0.1, -0.05) is 6.92 Å². The van der Waals surface area contributed by atoms with E-state index in [4.69, 9.17) is 0 Å². The minimum absolute atomic E-state index is 0.409. The third kappa shape index (κ3) is 4.17. The van der Waals surface area contributed by atoms with Gasteiger partial charge in [0.25, 0.3) is 0 Å². The standard InChI is InChI=1S/C15H28N4S/c1-5-7-16-12(2)14-9-17-15(20-14)19(4)11-13-6-8-18(3)10-13/h9,12-13,16H,5-8,10-11H2,1-4H3. The van der Waals surface area contributed by atoms with Crippen molar-refractivity contribution in [1.82, 2.24) is 15.2 Å². The molecule has 1 aromatic heterocycles. The molecule has 1 saturated heterocycles. The van der Waals surface area contributed by atoms with Gasteiger partial charge in [-0.2, -0.15) is 0 Å². The number of rotatable bonds is 7. The second-order valence-electron chi connectivity index (χ2n) is 6.02. The molecule has 114 valence electrons. The molecule has 1 N–H and O–H groups in total. The van der Waals surface area contributed by atoms with Gasteiger partial charge < -0.3 is 15.1 Å². The lowest BCUT2D eigenvalue weighted by atomic mass is 10.1. The van der Waals surface area contributed by atoms with Gasteiger partial charge in [0.1, 0.15) is 0 Å². The zero-order valence-electron chi connectivity index (χ0n) is 13.2. The largest absolute Gasteiger partial charge is 0.351 e. The highest BCUT2D eigenvalue weighted by Gasteiger charge is 2.22. The summed E-state index contributed by atoms with van der Waals surface area (Å²) >= 11 is 1.82. The molecule has 2 atom stereocenters. The summed E-state index contributed by atoms with van der Waals surface area (Å²) in [6.45, 7) is 9.06. The van der Waals surface area contributed by atoms with Gasteiger partial charge in [0.2, 0.25) is 0 Å². The Balaban J connectivity index is 1.87. The number of thiazole rings is 1. The molecule has 0 saturated carbocycles. The van der Waals surface area contributed by atoms with E-state index >= 15 is 0 Å². The topological polar surface area (TPSA) is 31.4 Å². The SMILES string of the molecule is CCCNC(C)c1cnc(N(C)CC2CCN(C)C2)s1. The predicted octanol–water partition coefficient (Wildman–Crippen LogP) is 2.59. The summed E-state index contributed by atoms with van der Waals surface area (Å²) in [4.78, 5) is 10.7. The first kappa shape index (κ1) is 15.7. The molecule has 20 heavy (non-hydrogen) atoms. The van der Waals surface area contributed by atoms with Crippen molar-refractivity contribution in [3.63, 3.8) is 0 Å². The zero-order valence-corrected chi connectivity index (χ0v) is 14.0. The van der Waals surface area contributed by atoms with E-state index in [2.05, 4.69) is 48.0 Å². The molecule has 1 aliphatic rings. The van der Waals surface area contributed by atoms with Crippen LogP contribution in [0.3, 0.4) is 0 Å². The van der Waals surface area contributed by atoms with E-state index < -0.39 is 0 Å². The number of anilines is 1. The van der Waals surface area contributed by atoms with Crippen LogP contribution in [0.25, 0.3) is 0 Å². The maximum atomic E-state index is 4.60. The van der Waals surface area contributed by atoms with Crippen LogP contribution in [0.5, 0.6) is 0 Å². The molecule has 0 radical (unpaired) electrons. The Morgan fingerprint density at radius 1 is 1.60 bits per heavy atom. The number of aromatic nitrogens is 1. The van der Waals surface area contributed by atoms with E-state index in [1.54, 1.807) is 0 Å². The lowest BCUT2D eigenvalue weighted by molar-refractivity contribution is 0.396. The van der Waals surface area contributed by atoms with Gasteiger partial charge in [-0.25, -0.2) is 4.98 Å². The van der Waals surface area contributed by atoms with Gasteiger partial charge in [-0.05, 0) is 45.8 Å². The Morgan fingerprint density at radius 2 is 2.40 bits per heavy atom. The number of nitrogens with one attached hydrogen (secondary N) is 1. The van der Waals surface area contributed by atoms with Gasteiger partial charge in [0, 0.05) is 37.3 Å². The molecule has 2 unspecified atom stereocenters. The van der Waals surface area contributed by atoms with Crippen LogP contribution in [0.15, 0.2) is 6.20 Å². The summed E-state index contributed by atoms with van der Waals surface area (Å²) < 4.78 is 0. The highest BCUT2D eigenvalue weighted by Crippen LogP contribution is 2.27. The van der Waals surface area contributed by atoms with E-state index in [0.29, 0.717) is 6.04 Å². The van der Waals surface area contributed by atoms with Crippen molar-refractivity contribution in [1.29, 1.82) is 0 Å². The van der Waals surface area contributed by atoms with E-state index in [0.717, 1.165) is 24.1 Å². The molecule has 1 aromatic rings. The molecule has 1 aliphatic heterocycles. The number of hydrogen-bond donors (Lipinski definition) is 1. The fourth-order valence-electron chi connectivity index (χ4n) is 2.76. The van der Waals surface area contributed by atoms with Crippen molar-refractivity contribution in [3.8, 4) is 0 Å². The smallest absolute Gasteiger partial charge is 0.185 e. The van der Waals surface area contributed by atoms with Crippen molar-refractivity contribution in [2.24, 2.45) is 5.92 Å².